The van der Waals surface area contributed by atoms with Crippen LogP contribution in [0.5, 0.6) is 0 Å². The number of rotatable bonds is 5. The molecule has 3 heteroatoms. The van der Waals surface area contributed by atoms with Gasteiger partial charge in [0.15, 0.2) is 5.82 Å². The van der Waals surface area contributed by atoms with Crippen molar-refractivity contribution in [1.29, 1.82) is 0 Å². The molecule has 0 radical (unpaired) electrons. The highest BCUT2D eigenvalue weighted by Crippen LogP contribution is 2.69. The maximum absolute atomic E-state index is 5.12. The molecule has 3 nitrogen and oxygen atoms in total. The third-order valence-electron chi connectivity index (χ3n) is 15.3. The van der Waals surface area contributed by atoms with Gasteiger partial charge in [0.2, 0.25) is 0 Å². The van der Waals surface area contributed by atoms with Gasteiger partial charge in [-0.25, -0.2) is 9.97 Å². The first kappa shape index (κ1) is 36.9. The van der Waals surface area contributed by atoms with Crippen LogP contribution < -0.4 is 0 Å². The second-order valence-corrected chi connectivity index (χ2v) is 18.8. The monoisotopic (exact) mass is 851 g/mol. The molecule has 0 amide bonds. The molecular weight excluding hydrogens is 811 g/mol. The fourth-order valence-electron chi connectivity index (χ4n) is 12.2. The van der Waals surface area contributed by atoms with Crippen LogP contribution in [0.25, 0.3) is 100.0 Å². The average Bonchev–Trinajstić information content (AvgIpc) is 3.95. The fraction of sp³-hybridized carbons (Fsp3) is 0.0625. The van der Waals surface area contributed by atoms with E-state index in [2.05, 4.69) is 217 Å². The molecule has 1 spiro atoms. The summed E-state index contributed by atoms with van der Waals surface area (Å²) in [5.41, 5.74) is 21.9. The van der Waals surface area contributed by atoms with Crippen LogP contribution in [0.3, 0.4) is 0 Å². The van der Waals surface area contributed by atoms with Gasteiger partial charge in [0.1, 0.15) is 0 Å². The van der Waals surface area contributed by atoms with Gasteiger partial charge in [-0.15, -0.1) is 0 Å². The molecule has 1 fully saturated rings. The van der Waals surface area contributed by atoms with Crippen molar-refractivity contribution in [3.05, 3.63) is 252 Å². The number of aromatic nitrogens is 3. The van der Waals surface area contributed by atoms with Crippen molar-refractivity contribution in [2.45, 2.75) is 11.8 Å². The molecule has 2 heterocycles. The molecule has 4 aliphatic rings. The van der Waals surface area contributed by atoms with E-state index >= 15 is 0 Å². The minimum atomic E-state index is -0.318. The quantitative estimate of drug-likeness (QED) is 0.173. The Morgan fingerprint density at radius 1 is 0.433 bits per heavy atom. The van der Waals surface area contributed by atoms with E-state index in [-0.39, 0.29) is 5.41 Å². The second kappa shape index (κ2) is 13.8. The largest absolute Gasteiger partial charge is 0.309 e. The molecule has 1 saturated carbocycles. The molecule has 0 saturated heterocycles. The van der Waals surface area contributed by atoms with Crippen molar-refractivity contribution < 1.29 is 0 Å². The number of hydrogen-bond donors (Lipinski definition) is 0. The molecule has 2 atom stereocenters. The summed E-state index contributed by atoms with van der Waals surface area (Å²) in [7, 11) is 0. The highest BCUT2D eigenvalue weighted by molar-refractivity contribution is 6.13. The van der Waals surface area contributed by atoms with Crippen LogP contribution in [0.15, 0.2) is 230 Å². The normalized spacial score (nSPS) is 16.9. The van der Waals surface area contributed by atoms with Gasteiger partial charge in [-0.1, -0.05) is 188 Å². The molecule has 0 bridgehead atoms. The molecule has 15 rings (SSSR count). The van der Waals surface area contributed by atoms with Crippen LogP contribution in [0, 0.1) is 11.8 Å². The maximum atomic E-state index is 5.12. The summed E-state index contributed by atoms with van der Waals surface area (Å²) >= 11 is 0. The van der Waals surface area contributed by atoms with E-state index in [0.29, 0.717) is 17.7 Å². The lowest BCUT2D eigenvalue weighted by Gasteiger charge is -2.33. The van der Waals surface area contributed by atoms with Crippen molar-refractivity contribution in [1.82, 2.24) is 14.5 Å². The summed E-state index contributed by atoms with van der Waals surface area (Å²) in [5.74, 6) is 1.89. The molecule has 1 unspecified atom stereocenters. The minimum Gasteiger partial charge on any atom is -0.309 e. The maximum Gasteiger partial charge on any atom is 0.160 e. The van der Waals surface area contributed by atoms with Crippen LogP contribution in [0.1, 0.15) is 28.7 Å². The molecule has 4 aliphatic carbocycles. The molecule has 67 heavy (non-hydrogen) atoms. The summed E-state index contributed by atoms with van der Waals surface area (Å²) in [5, 5.41) is 5.01. The molecule has 0 aliphatic heterocycles. The molecule has 0 N–H and O–H groups in total. The van der Waals surface area contributed by atoms with Gasteiger partial charge in [0.25, 0.3) is 0 Å². The number of hydrogen-bond acceptors (Lipinski definition) is 2. The topological polar surface area (TPSA) is 30.7 Å². The average molecular weight is 852 g/mol. The molecule has 11 aromatic rings. The first-order valence-corrected chi connectivity index (χ1v) is 23.5. The third kappa shape index (κ3) is 5.28. The summed E-state index contributed by atoms with van der Waals surface area (Å²) < 4.78 is 2.53. The van der Waals surface area contributed by atoms with Gasteiger partial charge >= 0.3 is 0 Å². The minimum absolute atomic E-state index is 0.318. The Hall–Kier alpha value is -8.40. The van der Waals surface area contributed by atoms with Crippen molar-refractivity contribution in [3.63, 3.8) is 0 Å². The van der Waals surface area contributed by atoms with Crippen molar-refractivity contribution in [2.75, 3.05) is 0 Å². The highest BCUT2D eigenvalue weighted by Gasteiger charge is 2.59. The van der Waals surface area contributed by atoms with E-state index < -0.39 is 0 Å². The van der Waals surface area contributed by atoms with E-state index in [1.165, 1.54) is 78.0 Å². The van der Waals surface area contributed by atoms with E-state index in [4.69, 9.17) is 9.97 Å². The molecule has 2 aromatic heterocycles. The predicted molar refractivity (Wildman–Crippen MR) is 275 cm³/mol. The Kier molecular flexibility index (Phi) is 7.60. The van der Waals surface area contributed by atoms with Crippen LogP contribution in [-0.2, 0) is 5.41 Å². The van der Waals surface area contributed by atoms with Crippen LogP contribution in [0.4, 0.5) is 0 Å². The van der Waals surface area contributed by atoms with Gasteiger partial charge in [0, 0.05) is 33.2 Å². The summed E-state index contributed by atoms with van der Waals surface area (Å²) in [6.45, 7) is 0. The van der Waals surface area contributed by atoms with Crippen LogP contribution >= 0.6 is 0 Å². The van der Waals surface area contributed by atoms with Crippen LogP contribution in [-0.4, -0.2) is 14.5 Å². The zero-order valence-corrected chi connectivity index (χ0v) is 36.6. The predicted octanol–water partition coefficient (Wildman–Crippen LogP) is 15.7. The van der Waals surface area contributed by atoms with Gasteiger partial charge in [-0.05, 0) is 121 Å². The van der Waals surface area contributed by atoms with Crippen molar-refractivity contribution >= 4 is 38.2 Å². The van der Waals surface area contributed by atoms with Crippen molar-refractivity contribution in [2.24, 2.45) is 11.8 Å². The van der Waals surface area contributed by atoms with Crippen molar-refractivity contribution in [3.8, 4) is 61.8 Å². The Balaban J connectivity index is 0.928. The van der Waals surface area contributed by atoms with E-state index in [0.717, 1.165) is 44.9 Å². The Morgan fingerprint density at radius 2 is 1.04 bits per heavy atom. The number of fused-ring (bicyclic) bond motifs is 15. The summed E-state index contributed by atoms with van der Waals surface area (Å²) in [4.78, 5) is 10.2. The SMILES string of the molecule is C1=C[C@H]2CC2C2=C1c1cc3c(cc1C21c2ccccc2-c2ccccc21)c1ccc(-c2ccc(-c4nc(-c5ccccc5)cc(-c5ccccc5)n4)cc2)cc1n3-c1ccc2ccccc2c1. The zero-order chi connectivity index (χ0) is 43.8. The first-order valence-electron chi connectivity index (χ1n) is 23.5. The fourth-order valence-corrected chi connectivity index (χ4v) is 12.2. The highest BCUT2D eigenvalue weighted by atomic mass is 15.0. The first-order chi connectivity index (χ1) is 33.2. The lowest BCUT2D eigenvalue weighted by Crippen LogP contribution is -2.29. The smallest absolute Gasteiger partial charge is 0.160 e. The standard InChI is InChI=1S/C64H41N3/c1-3-14-41(15-4-1)58-38-59(42-16-5-2-6-17-42)66-63(65-58)43-25-23-40(24-26-43)45-28-31-50-54-36-57-53(37-61(54)67(60(50)35-45)47-30-27-39-13-7-8-18-44(39)33-47)51-32-29-46-34-52(46)62(51)64(57)55-21-11-9-19-48(55)49-20-10-12-22-56(49)64/h1-33,35-38,46,52H,34H2/t46-,52?/m0/s1. The summed E-state index contributed by atoms with van der Waals surface area (Å²) in [6.07, 6.45) is 6.20. The molecule has 312 valence electrons. The van der Waals surface area contributed by atoms with E-state index in [1.54, 1.807) is 5.57 Å². The number of nitrogens with zero attached hydrogens (tertiary/aromatic N) is 3. The van der Waals surface area contributed by atoms with E-state index in [9.17, 15) is 0 Å². The van der Waals surface area contributed by atoms with Gasteiger partial charge in [-0.3, -0.25) is 0 Å². The van der Waals surface area contributed by atoms with Gasteiger partial charge in [-0.2, -0.15) is 0 Å². The van der Waals surface area contributed by atoms with Gasteiger partial charge in [0.05, 0.1) is 27.8 Å². The zero-order valence-electron chi connectivity index (χ0n) is 36.6. The Labute approximate surface area is 388 Å². The third-order valence-corrected chi connectivity index (χ3v) is 15.3. The number of allylic oxidation sites excluding steroid dienone is 4. The molecular formula is C64H41N3. The number of benzene rings is 9. The van der Waals surface area contributed by atoms with Gasteiger partial charge < -0.3 is 4.57 Å². The second-order valence-electron chi connectivity index (χ2n) is 18.8. The van der Waals surface area contributed by atoms with Crippen LogP contribution in [0.2, 0.25) is 0 Å². The Morgan fingerprint density at radius 3 is 1.76 bits per heavy atom. The molecule has 9 aromatic carbocycles. The lowest BCUT2D eigenvalue weighted by molar-refractivity contribution is 0.692. The Bertz CT molecular complexity index is 3840. The lowest BCUT2D eigenvalue weighted by atomic mass is 9.67. The van der Waals surface area contributed by atoms with E-state index in [1.807, 2.05) is 12.1 Å². The summed E-state index contributed by atoms with van der Waals surface area (Å²) in [6, 6.07) is 78.0.